The van der Waals surface area contributed by atoms with Crippen LogP contribution in [0.5, 0.6) is 11.5 Å². The molecule has 0 aliphatic carbocycles. The number of amides is 4. The van der Waals surface area contributed by atoms with Gasteiger partial charge >= 0.3 is 6.03 Å². The van der Waals surface area contributed by atoms with Gasteiger partial charge in [-0.15, -0.1) is 0 Å². The van der Waals surface area contributed by atoms with E-state index in [4.69, 9.17) is 16.3 Å². The molecule has 0 unspecified atom stereocenters. The van der Waals surface area contributed by atoms with Crippen molar-refractivity contribution in [2.75, 3.05) is 4.90 Å². The Morgan fingerprint density at radius 2 is 1.79 bits per heavy atom. The number of nitrogens with one attached hydrogen (secondary N) is 1. The number of benzene rings is 3. The molecule has 33 heavy (non-hydrogen) atoms. The largest absolute Gasteiger partial charge is 0.508 e. The molecule has 0 bridgehead atoms. The van der Waals surface area contributed by atoms with Crippen LogP contribution in [-0.4, -0.2) is 23.0 Å². The Balaban J connectivity index is 1.67. The van der Waals surface area contributed by atoms with Crippen LogP contribution in [0.25, 0.3) is 6.08 Å². The molecule has 1 fully saturated rings. The van der Waals surface area contributed by atoms with Gasteiger partial charge in [0, 0.05) is 10.6 Å². The maximum Gasteiger partial charge on any atom is 0.335 e. The molecule has 0 atom stereocenters. The Hall–Kier alpha value is -4.17. The van der Waals surface area contributed by atoms with Crippen molar-refractivity contribution in [2.45, 2.75) is 6.61 Å². The summed E-state index contributed by atoms with van der Waals surface area (Å²) in [4.78, 5) is 38.6. The Morgan fingerprint density at radius 3 is 2.52 bits per heavy atom. The number of rotatable bonds is 5. The van der Waals surface area contributed by atoms with E-state index in [1.807, 2.05) is 0 Å². The van der Waals surface area contributed by atoms with Crippen molar-refractivity contribution >= 4 is 41.2 Å². The van der Waals surface area contributed by atoms with Crippen LogP contribution in [0.15, 0.2) is 72.3 Å². The van der Waals surface area contributed by atoms with E-state index < -0.39 is 23.7 Å². The van der Waals surface area contributed by atoms with Gasteiger partial charge in [0.1, 0.15) is 29.5 Å². The smallest absolute Gasteiger partial charge is 0.335 e. The number of hydrogen-bond acceptors (Lipinski definition) is 5. The number of carbonyl (C=O) groups excluding carboxylic acids is 3. The van der Waals surface area contributed by atoms with Crippen LogP contribution in [0, 0.1) is 5.82 Å². The van der Waals surface area contributed by atoms with E-state index in [-0.39, 0.29) is 23.6 Å². The van der Waals surface area contributed by atoms with E-state index in [1.165, 1.54) is 48.5 Å². The number of halogens is 2. The standard InChI is InChI=1S/C24H16ClFN2O5/c25-16-4-9-21(33-13-14-2-1-3-17(26)10-14)15(11-16)12-20-22(30)27-24(32)28(23(20)31)18-5-7-19(29)8-6-18/h1-12,29H,13H2,(H,27,30,32). The van der Waals surface area contributed by atoms with Gasteiger partial charge in [0.2, 0.25) is 0 Å². The summed E-state index contributed by atoms with van der Waals surface area (Å²) in [6.07, 6.45) is 1.27. The summed E-state index contributed by atoms with van der Waals surface area (Å²) in [6.45, 7) is 0.0355. The maximum atomic E-state index is 13.4. The molecule has 0 spiro atoms. The Bertz CT molecular complexity index is 1290. The first-order chi connectivity index (χ1) is 15.8. The molecule has 4 rings (SSSR count). The molecule has 9 heteroatoms. The molecule has 1 heterocycles. The SMILES string of the molecule is O=C1NC(=O)N(c2ccc(O)cc2)C(=O)C1=Cc1cc(Cl)ccc1OCc1cccc(F)c1. The van der Waals surface area contributed by atoms with Gasteiger partial charge in [-0.05, 0) is 66.2 Å². The minimum absolute atomic E-state index is 0.0355. The number of urea groups is 1. The molecule has 4 amide bonds. The summed E-state index contributed by atoms with van der Waals surface area (Å²) in [5, 5.41) is 11.9. The average Bonchev–Trinajstić information content (AvgIpc) is 2.77. The van der Waals surface area contributed by atoms with Crippen LogP contribution < -0.4 is 15.0 Å². The Labute approximate surface area is 192 Å². The zero-order chi connectivity index (χ0) is 23.5. The molecular weight excluding hydrogens is 451 g/mol. The number of phenols is 1. The number of phenolic OH excluding ortho intramolecular Hbond substituents is 1. The number of aromatic hydroxyl groups is 1. The zero-order valence-electron chi connectivity index (χ0n) is 16.9. The molecule has 7 nitrogen and oxygen atoms in total. The minimum Gasteiger partial charge on any atom is -0.508 e. The van der Waals surface area contributed by atoms with Gasteiger partial charge in [-0.1, -0.05) is 23.7 Å². The van der Waals surface area contributed by atoms with Crippen molar-refractivity contribution in [3.8, 4) is 11.5 Å². The quantitative estimate of drug-likeness (QED) is 0.428. The van der Waals surface area contributed by atoms with Gasteiger partial charge in [-0.2, -0.15) is 0 Å². The lowest BCUT2D eigenvalue weighted by atomic mass is 10.1. The van der Waals surface area contributed by atoms with Crippen LogP contribution in [0.2, 0.25) is 5.02 Å². The number of anilines is 1. The molecular formula is C24H16ClFN2O5. The first-order valence-corrected chi connectivity index (χ1v) is 10.1. The molecule has 1 aliphatic heterocycles. The van der Waals surface area contributed by atoms with Crippen molar-refractivity contribution in [3.63, 3.8) is 0 Å². The lowest BCUT2D eigenvalue weighted by Gasteiger charge is -2.26. The third kappa shape index (κ3) is 4.86. The summed E-state index contributed by atoms with van der Waals surface area (Å²) in [7, 11) is 0. The third-order valence-electron chi connectivity index (χ3n) is 4.76. The van der Waals surface area contributed by atoms with Crippen molar-refractivity contribution < 1.29 is 28.6 Å². The third-order valence-corrected chi connectivity index (χ3v) is 5.00. The first kappa shape index (κ1) is 22.0. The molecule has 0 radical (unpaired) electrons. The van der Waals surface area contributed by atoms with Gasteiger partial charge in [0.05, 0.1) is 5.69 Å². The normalized spacial score (nSPS) is 15.0. The highest BCUT2D eigenvalue weighted by Crippen LogP contribution is 2.29. The Morgan fingerprint density at radius 1 is 1.03 bits per heavy atom. The zero-order valence-corrected chi connectivity index (χ0v) is 17.7. The van der Waals surface area contributed by atoms with Crippen LogP contribution in [0.4, 0.5) is 14.9 Å². The summed E-state index contributed by atoms with van der Waals surface area (Å²) in [5.41, 5.74) is 0.750. The Kier molecular flexibility index (Phi) is 6.10. The highest BCUT2D eigenvalue weighted by atomic mass is 35.5. The molecule has 0 aromatic heterocycles. The lowest BCUT2D eigenvalue weighted by molar-refractivity contribution is -0.122. The second-order valence-electron chi connectivity index (χ2n) is 7.07. The number of carbonyl (C=O) groups is 3. The lowest BCUT2D eigenvalue weighted by Crippen LogP contribution is -2.54. The van der Waals surface area contributed by atoms with Crippen LogP contribution >= 0.6 is 11.6 Å². The van der Waals surface area contributed by atoms with E-state index in [2.05, 4.69) is 5.32 Å². The topological polar surface area (TPSA) is 95.9 Å². The number of ether oxygens (including phenoxy) is 1. The van der Waals surface area contributed by atoms with Gasteiger partial charge in [0.15, 0.2) is 0 Å². The van der Waals surface area contributed by atoms with Crippen molar-refractivity contribution in [1.29, 1.82) is 0 Å². The van der Waals surface area contributed by atoms with E-state index in [9.17, 15) is 23.9 Å². The first-order valence-electron chi connectivity index (χ1n) is 9.69. The summed E-state index contributed by atoms with van der Waals surface area (Å²) in [6, 6.07) is 15.0. The van der Waals surface area contributed by atoms with Crippen LogP contribution in [0.1, 0.15) is 11.1 Å². The second kappa shape index (κ2) is 9.13. The number of hydrogen-bond donors (Lipinski definition) is 2. The molecule has 3 aromatic rings. The molecule has 3 aromatic carbocycles. The predicted molar refractivity (Wildman–Crippen MR) is 119 cm³/mol. The number of nitrogens with zero attached hydrogens (tertiary/aromatic N) is 1. The molecule has 1 saturated heterocycles. The predicted octanol–water partition coefficient (Wildman–Crippen LogP) is 4.43. The second-order valence-corrected chi connectivity index (χ2v) is 7.51. The average molecular weight is 467 g/mol. The fourth-order valence-corrected chi connectivity index (χ4v) is 3.38. The van der Waals surface area contributed by atoms with E-state index in [1.54, 1.807) is 24.3 Å². The highest BCUT2D eigenvalue weighted by molar-refractivity contribution is 6.39. The minimum atomic E-state index is -0.915. The maximum absolute atomic E-state index is 13.4. The van der Waals surface area contributed by atoms with Gasteiger partial charge in [-0.3, -0.25) is 14.9 Å². The number of imide groups is 2. The molecule has 166 valence electrons. The van der Waals surface area contributed by atoms with Crippen molar-refractivity contribution in [3.05, 3.63) is 94.3 Å². The molecule has 1 aliphatic rings. The summed E-state index contributed by atoms with van der Waals surface area (Å²) in [5.74, 6) is -1.89. The van der Waals surface area contributed by atoms with Crippen molar-refractivity contribution in [2.24, 2.45) is 0 Å². The summed E-state index contributed by atoms with van der Waals surface area (Å²) < 4.78 is 19.2. The van der Waals surface area contributed by atoms with Gasteiger partial charge in [-0.25, -0.2) is 14.1 Å². The van der Waals surface area contributed by atoms with E-state index in [0.717, 1.165) is 4.90 Å². The van der Waals surface area contributed by atoms with E-state index in [0.29, 0.717) is 21.9 Å². The fraction of sp³-hybridized carbons (Fsp3) is 0.0417. The van der Waals surface area contributed by atoms with Crippen molar-refractivity contribution in [1.82, 2.24) is 5.32 Å². The van der Waals surface area contributed by atoms with Gasteiger partial charge in [0.25, 0.3) is 11.8 Å². The van der Waals surface area contributed by atoms with Gasteiger partial charge < -0.3 is 9.84 Å². The molecule has 0 saturated carbocycles. The fourth-order valence-electron chi connectivity index (χ4n) is 3.20. The van der Waals surface area contributed by atoms with Crippen LogP contribution in [-0.2, 0) is 16.2 Å². The van der Waals surface area contributed by atoms with E-state index >= 15 is 0 Å². The van der Waals surface area contributed by atoms with Crippen LogP contribution in [0.3, 0.4) is 0 Å². The summed E-state index contributed by atoms with van der Waals surface area (Å²) >= 11 is 6.10. The number of barbiturate groups is 1. The molecule has 2 N–H and O–H groups in total. The highest BCUT2D eigenvalue weighted by Gasteiger charge is 2.37. The monoisotopic (exact) mass is 466 g/mol.